The van der Waals surface area contributed by atoms with E-state index in [0.29, 0.717) is 20.6 Å². The molecule has 0 amide bonds. The number of esters is 1. The van der Waals surface area contributed by atoms with Gasteiger partial charge in [-0.3, -0.25) is 0 Å². The Kier molecular flexibility index (Phi) is 3.75. The molecule has 2 rings (SSSR count). The molecular formula is C11H8Cl2N2O2S. The second-order valence-corrected chi connectivity index (χ2v) is 5.14. The largest absolute Gasteiger partial charge is 0.464 e. The van der Waals surface area contributed by atoms with E-state index in [9.17, 15) is 4.79 Å². The van der Waals surface area contributed by atoms with Gasteiger partial charge in [-0.05, 0) is 6.07 Å². The lowest BCUT2D eigenvalue weighted by Crippen LogP contribution is -2.04. The molecule has 2 aromatic rings. The number of methoxy groups -OCH3 is 1. The fourth-order valence-electron chi connectivity index (χ4n) is 1.36. The Labute approximate surface area is 117 Å². The zero-order valence-electron chi connectivity index (χ0n) is 9.24. The lowest BCUT2D eigenvalue weighted by Gasteiger charge is -2.01. The summed E-state index contributed by atoms with van der Waals surface area (Å²) in [6, 6.07) is 5.18. The van der Waals surface area contributed by atoms with Crippen LogP contribution in [0, 0.1) is 0 Å². The van der Waals surface area contributed by atoms with Gasteiger partial charge in [0.15, 0.2) is 5.69 Å². The smallest absolute Gasteiger partial charge is 0.359 e. The van der Waals surface area contributed by atoms with Gasteiger partial charge in [-0.15, -0.1) is 0 Å². The van der Waals surface area contributed by atoms with Crippen LogP contribution in [0.2, 0.25) is 10.0 Å². The molecule has 4 nitrogen and oxygen atoms in total. The summed E-state index contributed by atoms with van der Waals surface area (Å²) in [7, 11) is 1.27. The second-order valence-electron chi connectivity index (χ2n) is 3.32. The Morgan fingerprint density at radius 2 is 2.17 bits per heavy atom. The van der Waals surface area contributed by atoms with E-state index >= 15 is 0 Å². The summed E-state index contributed by atoms with van der Waals surface area (Å²) in [6.07, 6.45) is 0. The van der Waals surface area contributed by atoms with E-state index in [2.05, 4.69) is 9.72 Å². The molecule has 0 saturated carbocycles. The van der Waals surface area contributed by atoms with Crippen molar-refractivity contribution in [3.05, 3.63) is 33.9 Å². The average molecular weight is 303 g/mol. The summed E-state index contributed by atoms with van der Waals surface area (Å²) in [4.78, 5) is 15.5. The second kappa shape index (κ2) is 5.14. The molecule has 0 bridgehead atoms. The van der Waals surface area contributed by atoms with Crippen molar-refractivity contribution in [1.29, 1.82) is 0 Å². The number of rotatable bonds is 2. The van der Waals surface area contributed by atoms with Crippen LogP contribution in [0.3, 0.4) is 0 Å². The molecule has 0 aliphatic rings. The minimum atomic E-state index is -0.576. The van der Waals surface area contributed by atoms with Crippen molar-refractivity contribution in [1.82, 2.24) is 4.98 Å². The summed E-state index contributed by atoms with van der Waals surface area (Å²) in [5.41, 5.74) is 6.45. The lowest BCUT2D eigenvalue weighted by atomic mass is 10.2. The highest BCUT2D eigenvalue weighted by atomic mass is 35.5. The Morgan fingerprint density at radius 3 is 2.83 bits per heavy atom. The summed E-state index contributed by atoms with van der Waals surface area (Å²) in [5.74, 6) is -0.576. The highest BCUT2D eigenvalue weighted by molar-refractivity contribution is 7.19. The fourth-order valence-corrected chi connectivity index (χ4v) is 2.66. The molecule has 0 atom stereocenters. The molecular weight excluding hydrogens is 295 g/mol. The van der Waals surface area contributed by atoms with Crippen LogP contribution in [0.4, 0.5) is 5.00 Å². The first-order valence-electron chi connectivity index (χ1n) is 4.83. The number of ether oxygens (including phenoxy) is 1. The maximum atomic E-state index is 11.4. The van der Waals surface area contributed by atoms with E-state index in [0.717, 1.165) is 11.3 Å². The number of aromatic nitrogens is 1. The van der Waals surface area contributed by atoms with Crippen LogP contribution in [-0.2, 0) is 4.74 Å². The van der Waals surface area contributed by atoms with Crippen LogP contribution in [0.15, 0.2) is 18.2 Å². The summed E-state index contributed by atoms with van der Waals surface area (Å²) >= 11 is 13.2. The maximum Gasteiger partial charge on any atom is 0.359 e. The number of nitrogens with two attached hydrogens (primary N) is 1. The molecule has 0 aliphatic carbocycles. The van der Waals surface area contributed by atoms with Crippen LogP contribution in [0.1, 0.15) is 10.5 Å². The van der Waals surface area contributed by atoms with Crippen molar-refractivity contribution in [2.45, 2.75) is 0 Å². The SMILES string of the molecule is COC(=O)c1nc(-c2cccc(Cl)c2Cl)sc1N. The quantitative estimate of drug-likeness (QED) is 0.863. The number of anilines is 1. The van der Waals surface area contributed by atoms with Gasteiger partial charge in [0.25, 0.3) is 0 Å². The van der Waals surface area contributed by atoms with Crippen LogP contribution < -0.4 is 5.73 Å². The predicted molar refractivity (Wildman–Crippen MR) is 73.3 cm³/mol. The number of thiazole rings is 1. The number of benzene rings is 1. The van der Waals surface area contributed by atoms with E-state index in [4.69, 9.17) is 28.9 Å². The Morgan fingerprint density at radius 1 is 1.44 bits per heavy atom. The van der Waals surface area contributed by atoms with Crippen molar-refractivity contribution in [3.8, 4) is 10.6 Å². The number of carbonyl (C=O) groups is 1. The number of halogens is 2. The molecule has 0 spiro atoms. The van der Waals surface area contributed by atoms with Gasteiger partial charge in [0.2, 0.25) is 0 Å². The first kappa shape index (κ1) is 13.1. The first-order valence-corrected chi connectivity index (χ1v) is 6.41. The zero-order chi connectivity index (χ0) is 13.3. The molecule has 0 saturated heterocycles. The van der Waals surface area contributed by atoms with Crippen LogP contribution in [-0.4, -0.2) is 18.1 Å². The molecule has 1 aromatic carbocycles. The van der Waals surface area contributed by atoms with Gasteiger partial charge in [0.05, 0.1) is 17.2 Å². The average Bonchev–Trinajstić information content (AvgIpc) is 2.73. The number of hydrogen-bond donors (Lipinski definition) is 1. The van der Waals surface area contributed by atoms with E-state index in [1.165, 1.54) is 7.11 Å². The molecule has 2 N–H and O–H groups in total. The minimum absolute atomic E-state index is 0.0912. The van der Waals surface area contributed by atoms with Crippen LogP contribution in [0.5, 0.6) is 0 Å². The third-order valence-corrected chi connectivity index (χ3v) is 3.95. The van der Waals surface area contributed by atoms with E-state index < -0.39 is 5.97 Å². The molecule has 7 heteroatoms. The lowest BCUT2D eigenvalue weighted by molar-refractivity contribution is 0.0596. The first-order chi connectivity index (χ1) is 8.54. The Balaban J connectivity index is 2.53. The van der Waals surface area contributed by atoms with Gasteiger partial charge in [-0.2, -0.15) is 0 Å². The van der Waals surface area contributed by atoms with Crippen molar-refractivity contribution in [2.75, 3.05) is 12.8 Å². The van der Waals surface area contributed by atoms with Crippen molar-refractivity contribution in [3.63, 3.8) is 0 Å². The van der Waals surface area contributed by atoms with Gasteiger partial charge in [-0.1, -0.05) is 46.7 Å². The van der Waals surface area contributed by atoms with E-state index in [1.54, 1.807) is 18.2 Å². The standard InChI is InChI=1S/C11H8Cl2N2O2S/c1-17-11(16)8-9(14)18-10(15-8)5-3-2-4-6(12)7(5)13/h2-4H,14H2,1H3. The Bertz CT molecular complexity index is 613. The van der Waals surface area contributed by atoms with Gasteiger partial charge in [0.1, 0.15) is 10.0 Å². The van der Waals surface area contributed by atoms with Crippen molar-refractivity contribution in [2.24, 2.45) is 0 Å². The monoisotopic (exact) mass is 302 g/mol. The summed E-state index contributed by atoms with van der Waals surface area (Å²) < 4.78 is 4.59. The molecule has 0 radical (unpaired) electrons. The van der Waals surface area contributed by atoms with Gasteiger partial charge < -0.3 is 10.5 Å². The number of nitrogen functional groups attached to an aromatic ring is 1. The van der Waals surface area contributed by atoms with E-state index in [1.807, 2.05) is 0 Å². The van der Waals surface area contributed by atoms with Crippen molar-refractivity contribution < 1.29 is 9.53 Å². The van der Waals surface area contributed by atoms with Gasteiger partial charge >= 0.3 is 5.97 Å². The van der Waals surface area contributed by atoms with Crippen LogP contribution >= 0.6 is 34.5 Å². The maximum absolute atomic E-state index is 11.4. The molecule has 0 fully saturated rings. The topological polar surface area (TPSA) is 65.2 Å². The predicted octanol–water partition coefficient (Wildman–Crippen LogP) is 3.49. The third kappa shape index (κ3) is 2.29. The summed E-state index contributed by atoms with van der Waals surface area (Å²) in [6.45, 7) is 0. The Hall–Kier alpha value is -1.30. The van der Waals surface area contributed by atoms with Crippen LogP contribution in [0.25, 0.3) is 10.6 Å². The number of nitrogens with zero attached hydrogens (tertiary/aromatic N) is 1. The molecule has 0 unspecified atom stereocenters. The molecule has 94 valence electrons. The molecule has 1 aromatic heterocycles. The highest BCUT2D eigenvalue weighted by Gasteiger charge is 2.19. The third-order valence-electron chi connectivity index (χ3n) is 2.21. The highest BCUT2D eigenvalue weighted by Crippen LogP contribution is 2.37. The minimum Gasteiger partial charge on any atom is -0.464 e. The van der Waals surface area contributed by atoms with Gasteiger partial charge in [-0.25, -0.2) is 9.78 Å². The molecule has 1 heterocycles. The summed E-state index contributed by atoms with van der Waals surface area (Å²) in [5, 5.41) is 1.61. The molecule has 0 aliphatic heterocycles. The normalized spacial score (nSPS) is 10.4. The number of carbonyl (C=O) groups excluding carboxylic acids is 1. The van der Waals surface area contributed by atoms with E-state index in [-0.39, 0.29) is 10.7 Å². The van der Waals surface area contributed by atoms with Crippen molar-refractivity contribution >= 4 is 45.5 Å². The molecule has 18 heavy (non-hydrogen) atoms. The zero-order valence-corrected chi connectivity index (χ0v) is 11.6. The number of hydrogen-bond acceptors (Lipinski definition) is 5. The fraction of sp³-hybridized carbons (Fsp3) is 0.0909. The van der Waals surface area contributed by atoms with Gasteiger partial charge in [0, 0.05) is 5.56 Å².